The Labute approximate surface area is 134 Å². The summed E-state index contributed by atoms with van der Waals surface area (Å²) in [6.45, 7) is 0.148. The maximum Gasteiger partial charge on any atom is 0.408 e. The number of aldehydes is 1. The Bertz CT molecular complexity index is 690. The second-order valence-electron chi connectivity index (χ2n) is 4.96. The number of nitrogens with zero attached hydrogens (tertiary/aromatic N) is 1. The lowest BCUT2D eigenvalue weighted by Gasteiger charge is -2.13. The van der Waals surface area contributed by atoms with Crippen LogP contribution in [0.15, 0.2) is 54.6 Å². The fourth-order valence-electron chi connectivity index (χ4n) is 2.02. The molecule has 2 aromatic rings. The molecule has 2 rings (SSSR count). The fourth-order valence-corrected chi connectivity index (χ4v) is 2.02. The van der Waals surface area contributed by atoms with E-state index in [0.29, 0.717) is 18.3 Å². The zero-order valence-corrected chi connectivity index (χ0v) is 12.4. The van der Waals surface area contributed by atoms with Gasteiger partial charge in [-0.15, -0.1) is 0 Å². The molecule has 0 bridgehead atoms. The highest BCUT2D eigenvalue weighted by atomic mass is 16.5. The molecule has 0 saturated carbocycles. The molecular weight excluding hydrogens is 292 g/mol. The van der Waals surface area contributed by atoms with Crippen LogP contribution in [0.25, 0.3) is 0 Å². The number of carbonyl (C=O) groups excluding carboxylic acids is 2. The number of benzene rings is 2. The Hall–Kier alpha value is -3.13. The smallest absolute Gasteiger partial charge is 0.408 e. The maximum atomic E-state index is 11.7. The number of rotatable bonds is 6. The maximum absolute atomic E-state index is 11.7. The van der Waals surface area contributed by atoms with E-state index in [0.717, 1.165) is 11.1 Å². The van der Waals surface area contributed by atoms with E-state index >= 15 is 0 Å². The third kappa shape index (κ3) is 5.29. The SMILES string of the molecule is N#Cc1ccc(C[C@H](C=O)NC(=O)OCc2ccccc2)cc1. The zero-order valence-electron chi connectivity index (χ0n) is 12.4. The third-order valence-corrected chi connectivity index (χ3v) is 3.22. The third-order valence-electron chi connectivity index (χ3n) is 3.22. The summed E-state index contributed by atoms with van der Waals surface area (Å²) < 4.78 is 5.08. The zero-order chi connectivity index (χ0) is 16.5. The van der Waals surface area contributed by atoms with Crippen LogP contribution in [0.5, 0.6) is 0 Å². The summed E-state index contributed by atoms with van der Waals surface area (Å²) in [5.41, 5.74) is 2.27. The molecule has 0 aliphatic rings. The second kappa shape index (κ2) is 8.35. The van der Waals surface area contributed by atoms with Crippen molar-refractivity contribution in [2.75, 3.05) is 0 Å². The monoisotopic (exact) mass is 308 g/mol. The summed E-state index contributed by atoms with van der Waals surface area (Å²) in [6, 6.07) is 17.5. The Morgan fingerprint density at radius 1 is 1.13 bits per heavy atom. The molecule has 5 heteroatoms. The van der Waals surface area contributed by atoms with E-state index in [1.54, 1.807) is 24.3 Å². The molecule has 5 nitrogen and oxygen atoms in total. The van der Waals surface area contributed by atoms with E-state index in [-0.39, 0.29) is 6.61 Å². The second-order valence-corrected chi connectivity index (χ2v) is 4.96. The van der Waals surface area contributed by atoms with Gasteiger partial charge in [-0.1, -0.05) is 42.5 Å². The van der Waals surface area contributed by atoms with Crippen LogP contribution in [-0.4, -0.2) is 18.4 Å². The summed E-state index contributed by atoms with van der Waals surface area (Å²) in [7, 11) is 0. The van der Waals surface area contributed by atoms with E-state index in [1.807, 2.05) is 36.4 Å². The first-order valence-electron chi connectivity index (χ1n) is 7.13. The molecule has 0 spiro atoms. The van der Waals surface area contributed by atoms with Crippen molar-refractivity contribution >= 4 is 12.4 Å². The molecule has 0 radical (unpaired) electrons. The Morgan fingerprint density at radius 2 is 1.83 bits per heavy atom. The molecule has 0 heterocycles. The highest BCUT2D eigenvalue weighted by Gasteiger charge is 2.13. The van der Waals surface area contributed by atoms with Crippen LogP contribution in [0.3, 0.4) is 0 Å². The van der Waals surface area contributed by atoms with Crippen molar-refractivity contribution in [3.05, 3.63) is 71.3 Å². The molecule has 2 aromatic carbocycles. The number of nitriles is 1. The minimum atomic E-state index is -0.675. The molecule has 23 heavy (non-hydrogen) atoms. The van der Waals surface area contributed by atoms with Gasteiger partial charge in [0, 0.05) is 0 Å². The van der Waals surface area contributed by atoms with Gasteiger partial charge in [0.1, 0.15) is 12.9 Å². The average molecular weight is 308 g/mol. The predicted octanol–water partition coefficient (Wildman–Crippen LogP) is 2.59. The summed E-state index contributed by atoms with van der Waals surface area (Å²) in [6.07, 6.45) is 0.372. The van der Waals surface area contributed by atoms with Crippen LogP contribution in [0.2, 0.25) is 0 Å². The van der Waals surface area contributed by atoms with E-state index in [4.69, 9.17) is 10.00 Å². The molecule has 0 saturated heterocycles. The average Bonchev–Trinajstić information content (AvgIpc) is 2.61. The first-order valence-corrected chi connectivity index (χ1v) is 7.13. The lowest BCUT2D eigenvalue weighted by Crippen LogP contribution is -2.37. The van der Waals surface area contributed by atoms with Crippen molar-refractivity contribution in [1.82, 2.24) is 5.32 Å². The molecule has 0 aliphatic heterocycles. The highest BCUT2D eigenvalue weighted by Crippen LogP contribution is 2.06. The largest absolute Gasteiger partial charge is 0.445 e. The molecule has 0 aromatic heterocycles. The highest BCUT2D eigenvalue weighted by molar-refractivity contribution is 5.73. The minimum absolute atomic E-state index is 0.148. The molecular formula is C18H16N2O3. The number of ether oxygens (including phenoxy) is 1. The number of amides is 1. The normalized spacial score (nSPS) is 11.1. The van der Waals surface area contributed by atoms with Crippen LogP contribution in [-0.2, 0) is 22.6 Å². The number of hydrogen-bond donors (Lipinski definition) is 1. The van der Waals surface area contributed by atoms with E-state index in [2.05, 4.69) is 5.32 Å². The van der Waals surface area contributed by atoms with Crippen LogP contribution < -0.4 is 5.32 Å². The fraction of sp³-hybridized carbons (Fsp3) is 0.167. The molecule has 1 N–H and O–H groups in total. The molecule has 0 fully saturated rings. The standard InChI is InChI=1S/C18H16N2O3/c19-11-15-8-6-14(7-9-15)10-17(12-21)20-18(22)23-13-16-4-2-1-3-5-16/h1-9,12,17H,10,13H2,(H,20,22)/t17-/m1/s1. The van der Waals surface area contributed by atoms with Gasteiger partial charge < -0.3 is 14.8 Å². The van der Waals surface area contributed by atoms with Gasteiger partial charge in [0.05, 0.1) is 17.7 Å². The first-order chi connectivity index (χ1) is 11.2. The van der Waals surface area contributed by atoms with Gasteiger partial charge >= 0.3 is 6.09 Å². The van der Waals surface area contributed by atoms with Crippen molar-refractivity contribution in [2.24, 2.45) is 0 Å². The molecule has 116 valence electrons. The number of carbonyl (C=O) groups is 2. The summed E-state index contributed by atoms with van der Waals surface area (Å²) in [5, 5.41) is 11.3. The van der Waals surface area contributed by atoms with Crippen molar-refractivity contribution in [2.45, 2.75) is 19.1 Å². The molecule has 0 aliphatic carbocycles. The molecule has 1 amide bonds. The van der Waals surface area contributed by atoms with E-state index in [9.17, 15) is 9.59 Å². The minimum Gasteiger partial charge on any atom is -0.445 e. The van der Waals surface area contributed by atoms with Gasteiger partial charge in [0.2, 0.25) is 0 Å². The van der Waals surface area contributed by atoms with Crippen LogP contribution in [0.1, 0.15) is 16.7 Å². The van der Waals surface area contributed by atoms with Crippen LogP contribution >= 0.6 is 0 Å². The van der Waals surface area contributed by atoms with Crippen molar-refractivity contribution in [1.29, 1.82) is 5.26 Å². The summed E-state index contributed by atoms with van der Waals surface area (Å²) in [4.78, 5) is 22.9. The Morgan fingerprint density at radius 3 is 2.43 bits per heavy atom. The lowest BCUT2D eigenvalue weighted by atomic mass is 10.1. The van der Waals surface area contributed by atoms with Gasteiger partial charge in [0.25, 0.3) is 0 Å². The Balaban J connectivity index is 1.84. The van der Waals surface area contributed by atoms with Gasteiger partial charge in [0.15, 0.2) is 0 Å². The van der Waals surface area contributed by atoms with E-state index < -0.39 is 12.1 Å². The van der Waals surface area contributed by atoms with Crippen molar-refractivity contribution < 1.29 is 14.3 Å². The first kappa shape index (κ1) is 16.2. The quantitative estimate of drug-likeness (QED) is 0.832. The van der Waals surface area contributed by atoms with Gasteiger partial charge in [-0.25, -0.2) is 4.79 Å². The molecule has 0 unspecified atom stereocenters. The topological polar surface area (TPSA) is 79.2 Å². The number of nitrogens with one attached hydrogen (secondary N) is 1. The predicted molar refractivity (Wildman–Crippen MR) is 84.5 cm³/mol. The lowest BCUT2D eigenvalue weighted by molar-refractivity contribution is -0.109. The van der Waals surface area contributed by atoms with Crippen LogP contribution in [0.4, 0.5) is 4.79 Å². The number of hydrogen-bond acceptors (Lipinski definition) is 4. The van der Waals surface area contributed by atoms with Gasteiger partial charge in [-0.3, -0.25) is 0 Å². The van der Waals surface area contributed by atoms with Crippen molar-refractivity contribution in [3.63, 3.8) is 0 Å². The van der Waals surface area contributed by atoms with Gasteiger partial charge in [-0.2, -0.15) is 5.26 Å². The summed E-state index contributed by atoms with van der Waals surface area (Å²) >= 11 is 0. The van der Waals surface area contributed by atoms with Crippen LogP contribution in [0, 0.1) is 11.3 Å². The van der Waals surface area contributed by atoms with Gasteiger partial charge in [-0.05, 0) is 29.7 Å². The van der Waals surface area contributed by atoms with E-state index in [1.165, 1.54) is 0 Å². The summed E-state index contributed by atoms with van der Waals surface area (Å²) in [5.74, 6) is 0. The Kier molecular flexibility index (Phi) is 5.89. The number of alkyl carbamates (subject to hydrolysis) is 1. The van der Waals surface area contributed by atoms with Crippen molar-refractivity contribution in [3.8, 4) is 6.07 Å². The molecule has 1 atom stereocenters.